The van der Waals surface area contributed by atoms with E-state index in [-0.39, 0.29) is 11.8 Å². The summed E-state index contributed by atoms with van der Waals surface area (Å²) in [7, 11) is 0. The van der Waals surface area contributed by atoms with Crippen LogP contribution in [0.15, 0.2) is 12.4 Å². The lowest BCUT2D eigenvalue weighted by atomic mass is 10.1. The average molecular weight is 151 g/mol. The van der Waals surface area contributed by atoms with Crippen molar-refractivity contribution in [1.29, 1.82) is 0 Å². The highest BCUT2D eigenvalue weighted by atomic mass is 16.1. The number of aryl methyl sites for hydroxylation is 1. The Bertz CT molecular complexity index is 292. The zero-order valence-electron chi connectivity index (χ0n) is 6.03. The second-order valence-electron chi connectivity index (χ2n) is 2.72. The number of nitrogens with zero attached hydrogens (tertiary/aromatic N) is 2. The molecule has 1 aromatic heterocycles. The van der Waals surface area contributed by atoms with Crippen LogP contribution in [0.1, 0.15) is 18.2 Å². The molecule has 0 aliphatic carbocycles. The second kappa shape index (κ2) is 2.08. The normalized spacial score (nSPS) is 21.6. The Labute approximate surface area is 64.0 Å². The molecular formula is C7H9N3O. The first-order valence-corrected chi connectivity index (χ1v) is 3.59. The van der Waals surface area contributed by atoms with E-state index in [1.54, 1.807) is 6.20 Å². The van der Waals surface area contributed by atoms with Gasteiger partial charge in [0.05, 0.1) is 5.92 Å². The molecule has 4 nitrogen and oxygen atoms in total. The molecule has 1 aromatic rings. The zero-order valence-corrected chi connectivity index (χ0v) is 6.03. The van der Waals surface area contributed by atoms with Gasteiger partial charge in [-0.3, -0.25) is 4.79 Å². The highest BCUT2D eigenvalue weighted by Crippen LogP contribution is 2.25. The van der Waals surface area contributed by atoms with E-state index in [1.807, 2.05) is 10.8 Å². The van der Waals surface area contributed by atoms with Crippen molar-refractivity contribution in [2.24, 2.45) is 5.73 Å². The van der Waals surface area contributed by atoms with Crippen molar-refractivity contribution in [3.8, 4) is 0 Å². The minimum Gasteiger partial charge on any atom is -0.369 e. The van der Waals surface area contributed by atoms with Crippen LogP contribution >= 0.6 is 0 Å². The largest absolute Gasteiger partial charge is 0.369 e. The van der Waals surface area contributed by atoms with Gasteiger partial charge in [0.2, 0.25) is 5.91 Å². The highest BCUT2D eigenvalue weighted by molar-refractivity contribution is 5.81. The Balaban J connectivity index is 2.38. The molecule has 1 amide bonds. The van der Waals surface area contributed by atoms with Crippen LogP contribution in [0, 0.1) is 0 Å². The quantitative estimate of drug-likeness (QED) is 0.607. The van der Waals surface area contributed by atoms with E-state index < -0.39 is 0 Å². The van der Waals surface area contributed by atoms with Crippen LogP contribution in [0.5, 0.6) is 0 Å². The number of fused-ring (bicyclic) bond motifs is 1. The molecule has 0 spiro atoms. The van der Waals surface area contributed by atoms with E-state index >= 15 is 0 Å². The maximum atomic E-state index is 10.8. The van der Waals surface area contributed by atoms with Crippen LogP contribution in [0.4, 0.5) is 0 Å². The van der Waals surface area contributed by atoms with Gasteiger partial charge in [0.15, 0.2) is 0 Å². The molecule has 1 aliphatic rings. The maximum Gasteiger partial charge on any atom is 0.228 e. The minimum absolute atomic E-state index is 0.162. The van der Waals surface area contributed by atoms with Crippen molar-refractivity contribution in [3.05, 3.63) is 18.2 Å². The fourth-order valence-corrected chi connectivity index (χ4v) is 1.49. The molecule has 0 bridgehead atoms. The highest BCUT2D eigenvalue weighted by Gasteiger charge is 2.27. The molecule has 1 atom stereocenters. The maximum absolute atomic E-state index is 10.8. The molecule has 11 heavy (non-hydrogen) atoms. The lowest BCUT2D eigenvalue weighted by Gasteiger charge is -1.99. The SMILES string of the molecule is NC(=O)C1CCn2ccnc21. The first-order valence-electron chi connectivity index (χ1n) is 3.59. The van der Waals surface area contributed by atoms with Gasteiger partial charge in [-0.2, -0.15) is 0 Å². The summed E-state index contributed by atoms with van der Waals surface area (Å²) in [6.07, 6.45) is 4.38. The van der Waals surface area contributed by atoms with Gasteiger partial charge in [0.1, 0.15) is 5.82 Å². The minimum atomic E-state index is -0.269. The van der Waals surface area contributed by atoms with Gasteiger partial charge in [-0.05, 0) is 6.42 Å². The van der Waals surface area contributed by atoms with E-state index in [0.29, 0.717) is 0 Å². The second-order valence-corrected chi connectivity index (χ2v) is 2.72. The fourth-order valence-electron chi connectivity index (χ4n) is 1.49. The van der Waals surface area contributed by atoms with Crippen molar-refractivity contribution in [2.45, 2.75) is 18.9 Å². The molecule has 58 valence electrons. The molecule has 2 heterocycles. The number of hydrogen-bond acceptors (Lipinski definition) is 2. The van der Waals surface area contributed by atoms with Gasteiger partial charge >= 0.3 is 0 Å². The smallest absolute Gasteiger partial charge is 0.228 e. The first kappa shape index (κ1) is 6.39. The van der Waals surface area contributed by atoms with Crippen LogP contribution in [0.25, 0.3) is 0 Å². The standard InChI is InChI=1S/C7H9N3O/c8-6(11)5-1-3-10-4-2-9-7(5)10/h2,4-5H,1,3H2,(H2,8,11). The van der Waals surface area contributed by atoms with Gasteiger partial charge in [-0.25, -0.2) is 4.98 Å². The summed E-state index contributed by atoms with van der Waals surface area (Å²) in [4.78, 5) is 14.9. The van der Waals surface area contributed by atoms with Crippen LogP contribution in [0.3, 0.4) is 0 Å². The molecule has 4 heteroatoms. The van der Waals surface area contributed by atoms with Crippen LogP contribution in [0.2, 0.25) is 0 Å². The molecule has 1 aliphatic heterocycles. The van der Waals surface area contributed by atoms with Gasteiger partial charge in [-0.1, -0.05) is 0 Å². The third-order valence-corrected chi connectivity index (χ3v) is 2.06. The topological polar surface area (TPSA) is 60.9 Å². The summed E-state index contributed by atoms with van der Waals surface area (Å²) in [5, 5.41) is 0. The molecule has 0 saturated carbocycles. The van der Waals surface area contributed by atoms with Crippen molar-refractivity contribution in [3.63, 3.8) is 0 Å². The van der Waals surface area contributed by atoms with Gasteiger partial charge in [-0.15, -0.1) is 0 Å². The number of amides is 1. The van der Waals surface area contributed by atoms with E-state index in [2.05, 4.69) is 4.98 Å². The molecule has 0 radical (unpaired) electrons. The summed E-state index contributed by atoms with van der Waals surface area (Å²) >= 11 is 0. The molecule has 0 saturated heterocycles. The summed E-state index contributed by atoms with van der Waals surface area (Å²) in [5.74, 6) is 0.387. The van der Waals surface area contributed by atoms with E-state index in [1.165, 1.54) is 0 Å². The number of primary amides is 1. The fraction of sp³-hybridized carbons (Fsp3) is 0.429. The predicted octanol–water partition coefficient (Wildman–Crippen LogP) is -0.144. The molecule has 2 rings (SSSR count). The zero-order chi connectivity index (χ0) is 7.84. The Morgan fingerprint density at radius 3 is 3.36 bits per heavy atom. The third-order valence-electron chi connectivity index (χ3n) is 2.06. The Hall–Kier alpha value is -1.32. The van der Waals surface area contributed by atoms with Gasteiger partial charge in [0.25, 0.3) is 0 Å². The number of imidazole rings is 1. The van der Waals surface area contributed by atoms with Crippen LogP contribution in [-0.2, 0) is 11.3 Å². The number of aromatic nitrogens is 2. The van der Waals surface area contributed by atoms with E-state index in [9.17, 15) is 4.79 Å². The van der Waals surface area contributed by atoms with Crippen molar-refractivity contribution >= 4 is 5.91 Å². The number of rotatable bonds is 1. The van der Waals surface area contributed by atoms with Crippen molar-refractivity contribution in [1.82, 2.24) is 9.55 Å². The lowest BCUT2D eigenvalue weighted by Crippen LogP contribution is -2.19. The summed E-state index contributed by atoms with van der Waals surface area (Å²) in [5.41, 5.74) is 5.18. The summed E-state index contributed by atoms with van der Waals surface area (Å²) in [6, 6.07) is 0. The molecule has 2 N–H and O–H groups in total. The number of carbonyl (C=O) groups excluding carboxylic acids is 1. The van der Waals surface area contributed by atoms with Crippen molar-refractivity contribution < 1.29 is 4.79 Å². The van der Waals surface area contributed by atoms with Crippen LogP contribution in [-0.4, -0.2) is 15.5 Å². The average Bonchev–Trinajstić information content (AvgIpc) is 2.41. The lowest BCUT2D eigenvalue weighted by molar-refractivity contribution is -0.119. The van der Waals surface area contributed by atoms with E-state index in [4.69, 9.17) is 5.73 Å². The van der Waals surface area contributed by atoms with Gasteiger partial charge < -0.3 is 10.3 Å². The Morgan fingerprint density at radius 2 is 2.64 bits per heavy atom. The molecule has 0 fully saturated rings. The molecular weight excluding hydrogens is 142 g/mol. The number of hydrogen-bond donors (Lipinski definition) is 1. The summed E-state index contributed by atoms with van der Waals surface area (Å²) < 4.78 is 1.97. The summed E-state index contributed by atoms with van der Waals surface area (Å²) in [6.45, 7) is 0.864. The first-order chi connectivity index (χ1) is 5.29. The Kier molecular flexibility index (Phi) is 1.21. The van der Waals surface area contributed by atoms with E-state index in [0.717, 1.165) is 18.8 Å². The predicted molar refractivity (Wildman–Crippen MR) is 38.8 cm³/mol. The van der Waals surface area contributed by atoms with Gasteiger partial charge in [0, 0.05) is 18.9 Å². The third kappa shape index (κ3) is 0.824. The number of carbonyl (C=O) groups is 1. The Morgan fingerprint density at radius 1 is 1.82 bits per heavy atom. The van der Waals surface area contributed by atoms with Crippen LogP contribution < -0.4 is 5.73 Å². The number of nitrogens with two attached hydrogens (primary N) is 1. The molecule has 0 aromatic carbocycles. The van der Waals surface area contributed by atoms with Crippen molar-refractivity contribution in [2.75, 3.05) is 0 Å². The monoisotopic (exact) mass is 151 g/mol. The molecule has 1 unspecified atom stereocenters.